The van der Waals surface area contributed by atoms with Gasteiger partial charge >= 0.3 is 0 Å². The molecule has 0 amide bonds. The van der Waals surface area contributed by atoms with Gasteiger partial charge in [0.05, 0.1) is 13.2 Å². The lowest BCUT2D eigenvalue weighted by Gasteiger charge is -2.26. The Labute approximate surface area is 139 Å². The first-order valence-corrected chi connectivity index (χ1v) is 7.72. The summed E-state index contributed by atoms with van der Waals surface area (Å²) in [6, 6.07) is 8.16. The molecule has 1 saturated heterocycles. The van der Waals surface area contributed by atoms with Crippen molar-refractivity contribution in [3.63, 3.8) is 0 Å². The highest BCUT2D eigenvalue weighted by Crippen LogP contribution is 2.17. The highest BCUT2D eigenvalue weighted by Gasteiger charge is 2.09. The summed E-state index contributed by atoms with van der Waals surface area (Å²) in [5.41, 5.74) is 1.20. The van der Waals surface area contributed by atoms with Gasteiger partial charge in [0, 0.05) is 25.2 Å². The van der Waals surface area contributed by atoms with Crippen LogP contribution in [0.4, 0.5) is 0 Å². The predicted octanol–water partition coefficient (Wildman–Crippen LogP) is -0.933. The number of ether oxygens (including phenoxy) is 2. The van der Waals surface area contributed by atoms with Crippen LogP contribution in [0.1, 0.15) is 12.0 Å². The summed E-state index contributed by atoms with van der Waals surface area (Å²) in [5, 5.41) is 3.49. The third-order valence-corrected chi connectivity index (χ3v) is 3.58. The third-order valence-electron chi connectivity index (χ3n) is 3.58. The van der Waals surface area contributed by atoms with Gasteiger partial charge in [0.1, 0.15) is 12.4 Å². The minimum atomic E-state index is 0. The van der Waals surface area contributed by atoms with Gasteiger partial charge in [-0.25, -0.2) is 0 Å². The Morgan fingerprint density at radius 2 is 2.05 bits per heavy atom. The number of benzene rings is 1. The molecule has 0 aromatic heterocycles. The normalized spacial score (nSPS) is 15.1. The molecule has 5 heteroatoms. The van der Waals surface area contributed by atoms with E-state index in [0.29, 0.717) is 6.61 Å². The first kappa shape index (κ1) is 19.0. The molecule has 0 atom stereocenters. The molecular formula is C17H26ClN2O2-. The molecule has 1 aromatic carbocycles. The zero-order valence-corrected chi connectivity index (χ0v) is 13.9. The van der Waals surface area contributed by atoms with Crippen LogP contribution in [0.25, 0.3) is 0 Å². The van der Waals surface area contributed by atoms with E-state index in [2.05, 4.69) is 22.9 Å². The van der Waals surface area contributed by atoms with Gasteiger partial charge < -0.3 is 27.2 Å². The van der Waals surface area contributed by atoms with Crippen LogP contribution in [0.2, 0.25) is 0 Å². The Morgan fingerprint density at radius 3 is 2.82 bits per heavy atom. The van der Waals surface area contributed by atoms with Crippen molar-refractivity contribution >= 4 is 0 Å². The van der Waals surface area contributed by atoms with Crippen LogP contribution in [0.5, 0.6) is 5.75 Å². The first-order chi connectivity index (χ1) is 10.4. The summed E-state index contributed by atoms with van der Waals surface area (Å²) in [6.07, 6.45) is 2.93. The van der Waals surface area contributed by atoms with E-state index in [1.807, 2.05) is 18.2 Å². The summed E-state index contributed by atoms with van der Waals surface area (Å²) in [4.78, 5) is 2.46. The standard InChI is InChI=1S/C17H26N2O2.ClH/c1-2-12-21-17-7-4-3-6-16(17)15-18-8-5-9-19-10-13-20-14-11-19;/h2-4,6-7,18H,1,5,8-15H2;1H/p-1. The van der Waals surface area contributed by atoms with Crippen LogP contribution in [0.3, 0.4) is 0 Å². The largest absolute Gasteiger partial charge is 1.00 e. The van der Waals surface area contributed by atoms with Crippen molar-refractivity contribution in [1.29, 1.82) is 0 Å². The quantitative estimate of drug-likeness (QED) is 0.470. The second kappa shape index (κ2) is 11.5. The smallest absolute Gasteiger partial charge is 0.124 e. The van der Waals surface area contributed by atoms with Gasteiger partial charge in [-0.2, -0.15) is 0 Å². The molecule has 1 aliphatic rings. The fraction of sp³-hybridized carbons (Fsp3) is 0.529. The van der Waals surface area contributed by atoms with Gasteiger partial charge in [0.25, 0.3) is 0 Å². The summed E-state index contributed by atoms with van der Waals surface area (Å²) < 4.78 is 11.0. The maximum atomic E-state index is 5.66. The van der Waals surface area contributed by atoms with Crippen molar-refractivity contribution < 1.29 is 21.9 Å². The fourth-order valence-electron chi connectivity index (χ4n) is 2.41. The van der Waals surface area contributed by atoms with Gasteiger partial charge in [-0.1, -0.05) is 30.9 Å². The molecule has 0 radical (unpaired) electrons. The summed E-state index contributed by atoms with van der Waals surface area (Å²) in [5.74, 6) is 0.943. The molecule has 1 heterocycles. The molecule has 0 spiro atoms. The van der Waals surface area contributed by atoms with E-state index in [-0.39, 0.29) is 12.4 Å². The first-order valence-electron chi connectivity index (χ1n) is 7.72. The Balaban J connectivity index is 0.00000242. The Kier molecular flexibility index (Phi) is 9.91. The molecule has 4 nitrogen and oxygen atoms in total. The van der Waals surface area contributed by atoms with Crippen molar-refractivity contribution in [2.24, 2.45) is 0 Å². The van der Waals surface area contributed by atoms with Gasteiger partial charge in [-0.15, -0.1) is 0 Å². The summed E-state index contributed by atoms with van der Waals surface area (Å²) >= 11 is 0. The number of hydrogen-bond donors (Lipinski definition) is 1. The third kappa shape index (κ3) is 6.79. The van der Waals surface area contributed by atoms with Crippen molar-refractivity contribution in [2.45, 2.75) is 13.0 Å². The number of para-hydroxylation sites is 1. The second-order valence-electron chi connectivity index (χ2n) is 5.19. The summed E-state index contributed by atoms with van der Waals surface area (Å²) in [6.45, 7) is 11.1. The highest BCUT2D eigenvalue weighted by molar-refractivity contribution is 5.33. The molecule has 124 valence electrons. The predicted molar refractivity (Wildman–Crippen MR) is 85.7 cm³/mol. The van der Waals surface area contributed by atoms with E-state index in [0.717, 1.165) is 58.1 Å². The van der Waals surface area contributed by atoms with Crippen LogP contribution in [-0.4, -0.2) is 50.9 Å². The molecule has 22 heavy (non-hydrogen) atoms. The molecule has 2 rings (SSSR count). The lowest BCUT2D eigenvalue weighted by atomic mass is 10.2. The molecule has 1 aliphatic heterocycles. The zero-order valence-electron chi connectivity index (χ0n) is 13.1. The van der Waals surface area contributed by atoms with Crippen molar-refractivity contribution in [3.8, 4) is 5.75 Å². The Bertz CT molecular complexity index is 423. The van der Waals surface area contributed by atoms with Crippen LogP contribution >= 0.6 is 0 Å². The molecule has 0 saturated carbocycles. The fourth-order valence-corrected chi connectivity index (χ4v) is 2.41. The van der Waals surface area contributed by atoms with Crippen molar-refractivity contribution in [1.82, 2.24) is 10.2 Å². The minimum Gasteiger partial charge on any atom is -1.00 e. The van der Waals surface area contributed by atoms with Gasteiger partial charge in [-0.3, -0.25) is 4.90 Å². The number of morpholine rings is 1. The molecular weight excluding hydrogens is 300 g/mol. The number of halogens is 1. The van der Waals surface area contributed by atoms with E-state index < -0.39 is 0 Å². The van der Waals surface area contributed by atoms with Crippen LogP contribution in [0.15, 0.2) is 36.9 Å². The maximum absolute atomic E-state index is 5.66. The Morgan fingerprint density at radius 1 is 1.27 bits per heavy atom. The minimum absolute atomic E-state index is 0. The molecule has 1 N–H and O–H groups in total. The monoisotopic (exact) mass is 325 g/mol. The van der Waals surface area contributed by atoms with Gasteiger partial charge in [-0.05, 0) is 25.6 Å². The highest BCUT2D eigenvalue weighted by atomic mass is 35.5. The van der Waals surface area contributed by atoms with Crippen molar-refractivity contribution in [3.05, 3.63) is 42.5 Å². The number of nitrogens with one attached hydrogen (secondary N) is 1. The van der Waals surface area contributed by atoms with E-state index in [1.54, 1.807) is 6.08 Å². The molecule has 0 aliphatic carbocycles. The molecule has 1 fully saturated rings. The van der Waals surface area contributed by atoms with E-state index in [9.17, 15) is 0 Å². The van der Waals surface area contributed by atoms with Gasteiger partial charge in [0.2, 0.25) is 0 Å². The average Bonchev–Trinajstić information content (AvgIpc) is 2.54. The zero-order chi connectivity index (χ0) is 14.8. The number of nitrogens with zero attached hydrogens (tertiary/aromatic N) is 1. The second-order valence-corrected chi connectivity index (χ2v) is 5.19. The molecule has 1 aromatic rings. The van der Waals surface area contributed by atoms with Crippen LogP contribution < -0.4 is 22.5 Å². The van der Waals surface area contributed by atoms with E-state index >= 15 is 0 Å². The average molecular weight is 326 g/mol. The van der Waals surface area contributed by atoms with Crippen LogP contribution in [0, 0.1) is 0 Å². The lowest BCUT2D eigenvalue weighted by molar-refractivity contribution is -0.00000625. The lowest BCUT2D eigenvalue weighted by Crippen LogP contribution is -3.00. The van der Waals surface area contributed by atoms with Crippen molar-refractivity contribution in [2.75, 3.05) is 46.0 Å². The SMILES string of the molecule is C=CCOc1ccccc1CNCCCN1CCOCC1.[Cl-]. The maximum Gasteiger partial charge on any atom is 0.124 e. The summed E-state index contributed by atoms with van der Waals surface area (Å²) in [7, 11) is 0. The van der Waals surface area contributed by atoms with Gasteiger partial charge in [0.15, 0.2) is 0 Å². The molecule has 0 unspecified atom stereocenters. The van der Waals surface area contributed by atoms with E-state index in [1.165, 1.54) is 5.56 Å². The number of rotatable bonds is 9. The Hall–Kier alpha value is -1.07. The van der Waals surface area contributed by atoms with E-state index in [4.69, 9.17) is 9.47 Å². The van der Waals surface area contributed by atoms with Crippen LogP contribution in [-0.2, 0) is 11.3 Å². The number of hydrogen-bond acceptors (Lipinski definition) is 4. The molecule has 0 bridgehead atoms. The topological polar surface area (TPSA) is 33.7 Å².